The van der Waals surface area contributed by atoms with E-state index in [0.29, 0.717) is 6.54 Å². The molecule has 1 atom stereocenters. The van der Waals surface area contributed by atoms with Gasteiger partial charge in [-0.3, -0.25) is 0 Å². The molecular formula is C19H26N2O2. The lowest BCUT2D eigenvalue weighted by Crippen LogP contribution is -2.47. The van der Waals surface area contributed by atoms with E-state index in [0.717, 1.165) is 12.8 Å². The van der Waals surface area contributed by atoms with Crippen molar-refractivity contribution < 1.29 is 9.90 Å². The van der Waals surface area contributed by atoms with Gasteiger partial charge in [-0.15, -0.1) is 0 Å². The van der Waals surface area contributed by atoms with E-state index in [4.69, 9.17) is 0 Å². The van der Waals surface area contributed by atoms with Gasteiger partial charge >= 0.3 is 6.09 Å². The molecule has 0 saturated carbocycles. The first-order valence-electron chi connectivity index (χ1n) is 8.41. The van der Waals surface area contributed by atoms with Crippen molar-refractivity contribution in [1.82, 2.24) is 9.47 Å². The van der Waals surface area contributed by atoms with Gasteiger partial charge in [0.25, 0.3) is 0 Å². The van der Waals surface area contributed by atoms with E-state index in [1.165, 1.54) is 33.4 Å². The number of aromatic nitrogens is 1. The second-order valence-corrected chi connectivity index (χ2v) is 7.63. The summed E-state index contributed by atoms with van der Waals surface area (Å²) in [6.07, 6.45) is 4.76. The molecule has 1 amide bonds. The quantitative estimate of drug-likeness (QED) is 0.908. The van der Waals surface area contributed by atoms with Crippen LogP contribution in [0.5, 0.6) is 0 Å². The smallest absolute Gasteiger partial charge is 0.407 e. The van der Waals surface area contributed by atoms with Gasteiger partial charge in [0, 0.05) is 24.3 Å². The third-order valence-electron chi connectivity index (χ3n) is 4.92. The maximum Gasteiger partial charge on any atom is 0.407 e. The molecule has 23 heavy (non-hydrogen) atoms. The van der Waals surface area contributed by atoms with E-state index < -0.39 is 11.6 Å². The molecule has 1 aliphatic carbocycles. The molecule has 0 aliphatic heterocycles. The number of amides is 1. The van der Waals surface area contributed by atoms with Gasteiger partial charge in [-0.25, -0.2) is 4.79 Å². The van der Waals surface area contributed by atoms with Crippen LogP contribution in [0.4, 0.5) is 4.79 Å². The monoisotopic (exact) mass is 314 g/mol. The van der Waals surface area contributed by atoms with Crippen LogP contribution in [0.15, 0.2) is 24.4 Å². The van der Waals surface area contributed by atoms with Gasteiger partial charge in [-0.05, 0) is 69.5 Å². The minimum atomic E-state index is -0.856. The summed E-state index contributed by atoms with van der Waals surface area (Å²) in [6.45, 7) is 8.43. The molecule has 0 fully saturated rings. The average molecular weight is 314 g/mol. The Morgan fingerprint density at radius 1 is 1.30 bits per heavy atom. The summed E-state index contributed by atoms with van der Waals surface area (Å²) in [6, 6.07) is 6.70. The highest BCUT2D eigenvalue weighted by Crippen LogP contribution is 2.32. The molecule has 1 aromatic carbocycles. The second-order valence-electron chi connectivity index (χ2n) is 7.63. The fraction of sp³-hybridized carbons (Fsp3) is 0.526. The van der Waals surface area contributed by atoms with Crippen molar-refractivity contribution in [2.24, 2.45) is 0 Å². The fourth-order valence-corrected chi connectivity index (χ4v) is 3.70. The van der Waals surface area contributed by atoms with Crippen LogP contribution in [0.1, 0.15) is 51.3 Å². The molecule has 124 valence electrons. The Bertz CT molecular complexity index is 740. The molecular weight excluding hydrogens is 288 g/mol. The molecule has 1 heterocycles. The van der Waals surface area contributed by atoms with E-state index in [-0.39, 0.29) is 6.04 Å². The van der Waals surface area contributed by atoms with Crippen LogP contribution in [0.2, 0.25) is 0 Å². The summed E-state index contributed by atoms with van der Waals surface area (Å²) in [5, 5.41) is 10.8. The Labute approximate surface area is 137 Å². The van der Waals surface area contributed by atoms with Crippen molar-refractivity contribution >= 4 is 17.0 Å². The van der Waals surface area contributed by atoms with Crippen molar-refractivity contribution in [2.45, 2.75) is 58.5 Å². The van der Waals surface area contributed by atoms with Gasteiger partial charge in [-0.1, -0.05) is 12.1 Å². The number of fused-ring (bicyclic) bond motifs is 3. The first-order valence-corrected chi connectivity index (χ1v) is 8.41. The van der Waals surface area contributed by atoms with Crippen molar-refractivity contribution in [1.29, 1.82) is 0 Å². The van der Waals surface area contributed by atoms with E-state index >= 15 is 0 Å². The maximum atomic E-state index is 11.6. The van der Waals surface area contributed by atoms with Crippen molar-refractivity contribution in [3.05, 3.63) is 35.5 Å². The number of nitrogens with zero attached hydrogens (tertiary/aromatic N) is 2. The summed E-state index contributed by atoms with van der Waals surface area (Å²) in [7, 11) is 0. The van der Waals surface area contributed by atoms with E-state index in [1.54, 1.807) is 0 Å². The van der Waals surface area contributed by atoms with Crippen molar-refractivity contribution in [3.8, 4) is 0 Å². The minimum absolute atomic E-state index is 0.106. The third kappa shape index (κ3) is 2.82. The van der Waals surface area contributed by atoms with Gasteiger partial charge < -0.3 is 14.6 Å². The number of hydrogen-bond acceptors (Lipinski definition) is 1. The summed E-state index contributed by atoms with van der Waals surface area (Å²) < 4.78 is 2.27. The summed E-state index contributed by atoms with van der Waals surface area (Å²) in [5.41, 5.74) is 3.81. The molecule has 2 aromatic rings. The Morgan fingerprint density at radius 3 is 2.70 bits per heavy atom. The van der Waals surface area contributed by atoms with Gasteiger partial charge in [0.1, 0.15) is 0 Å². The topological polar surface area (TPSA) is 45.5 Å². The van der Waals surface area contributed by atoms with Crippen LogP contribution in [0, 0.1) is 0 Å². The lowest BCUT2D eigenvalue weighted by molar-refractivity contribution is 0.0919. The highest BCUT2D eigenvalue weighted by Gasteiger charge is 2.28. The van der Waals surface area contributed by atoms with Crippen LogP contribution in [-0.4, -0.2) is 32.8 Å². The Hall–Kier alpha value is -1.97. The molecule has 0 saturated heterocycles. The minimum Gasteiger partial charge on any atom is -0.465 e. The predicted octanol–water partition coefficient (Wildman–Crippen LogP) is 4.47. The standard InChI is InChI=1S/C19H26N2O2/c1-13(12-21(18(22)23)19(2,3)4)20-11-10-15-9-8-14-6-5-7-16(14)17(15)20/h8-11,13H,5-7,12H2,1-4H3,(H,22,23). The zero-order valence-corrected chi connectivity index (χ0v) is 14.5. The normalized spacial score (nSPS) is 15.7. The molecule has 4 nitrogen and oxygen atoms in total. The molecule has 1 unspecified atom stereocenters. The highest BCUT2D eigenvalue weighted by molar-refractivity contribution is 5.85. The van der Waals surface area contributed by atoms with Crippen LogP contribution >= 0.6 is 0 Å². The van der Waals surface area contributed by atoms with Gasteiger partial charge in [0.05, 0.1) is 5.52 Å². The first-order chi connectivity index (χ1) is 10.8. The molecule has 4 heteroatoms. The van der Waals surface area contributed by atoms with Gasteiger partial charge in [0.2, 0.25) is 0 Å². The van der Waals surface area contributed by atoms with Crippen LogP contribution < -0.4 is 0 Å². The third-order valence-corrected chi connectivity index (χ3v) is 4.92. The fourth-order valence-electron chi connectivity index (χ4n) is 3.70. The van der Waals surface area contributed by atoms with Crippen molar-refractivity contribution in [3.63, 3.8) is 0 Å². The lowest BCUT2D eigenvalue weighted by atomic mass is 10.0. The number of carboxylic acid groups (broad SMARTS) is 1. The SMILES string of the molecule is CC(CN(C(=O)O)C(C)(C)C)n1ccc2ccc3c(c21)CCC3. The van der Waals surface area contributed by atoms with Crippen LogP contribution in [0.3, 0.4) is 0 Å². The number of carbonyl (C=O) groups is 1. The predicted molar refractivity (Wildman–Crippen MR) is 93.2 cm³/mol. The number of benzene rings is 1. The zero-order valence-electron chi connectivity index (χ0n) is 14.5. The number of aryl methyl sites for hydroxylation is 2. The molecule has 3 rings (SSSR count). The van der Waals surface area contributed by atoms with Gasteiger partial charge in [-0.2, -0.15) is 0 Å². The number of hydrogen-bond donors (Lipinski definition) is 1. The first kappa shape index (κ1) is 15.9. The summed E-state index contributed by atoms with van der Waals surface area (Å²) in [5.74, 6) is 0. The maximum absolute atomic E-state index is 11.6. The average Bonchev–Trinajstić information content (AvgIpc) is 3.07. The van der Waals surface area contributed by atoms with Gasteiger partial charge in [0.15, 0.2) is 0 Å². The Balaban J connectivity index is 1.97. The zero-order chi connectivity index (χ0) is 16.8. The highest BCUT2D eigenvalue weighted by atomic mass is 16.4. The summed E-state index contributed by atoms with van der Waals surface area (Å²) >= 11 is 0. The molecule has 1 N–H and O–H groups in total. The molecule has 0 spiro atoms. The molecule has 1 aromatic heterocycles. The Kier molecular flexibility index (Phi) is 3.86. The summed E-state index contributed by atoms with van der Waals surface area (Å²) in [4.78, 5) is 13.2. The molecule has 0 radical (unpaired) electrons. The molecule has 0 bridgehead atoms. The largest absolute Gasteiger partial charge is 0.465 e. The Morgan fingerprint density at radius 2 is 2.04 bits per heavy atom. The van der Waals surface area contributed by atoms with Crippen molar-refractivity contribution in [2.75, 3.05) is 6.54 Å². The van der Waals surface area contributed by atoms with Crippen LogP contribution in [0.25, 0.3) is 10.9 Å². The molecule has 1 aliphatic rings. The lowest BCUT2D eigenvalue weighted by Gasteiger charge is -2.35. The van der Waals surface area contributed by atoms with E-state index in [1.807, 2.05) is 20.8 Å². The second kappa shape index (κ2) is 5.59. The van der Waals surface area contributed by atoms with Crippen LogP contribution in [-0.2, 0) is 12.8 Å². The van der Waals surface area contributed by atoms with E-state index in [9.17, 15) is 9.90 Å². The van der Waals surface area contributed by atoms with E-state index in [2.05, 4.69) is 35.9 Å². The number of rotatable bonds is 3.